The van der Waals surface area contributed by atoms with Gasteiger partial charge >= 0.3 is 13.6 Å². The largest absolute Gasteiger partial charge is 0.480 e. The molecule has 70 valence electrons. The average molecular weight is 195 g/mol. The highest BCUT2D eigenvalue weighted by Gasteiger charge is 2.43. The maximum atomic E-state index is 10.7. The van der Waals surface area contributed by atoms with Crippen LogP contribution in [0.15, 0.2) is 0 Å². The number of carboxylic acid groups (broad SMARTS) is 1. The first-order valence-electron chi connectivity index (χ1n) is 3.44. The fraction of sp³-hybridized carbons (Fsp3) is 0.800. The Bertz CT molecular complexity index is 236. The maximum absolute atomic E-state index is 10.7. The molecule has 0 saturated carbocycles. The predicted octanol–water partition coefficient (Wildman–Crippen LogP) is -1.02. The molecule has 0 radical (unpaired) electrons. The molecule has 1 rings (SSSR count). The van der Waals surface area contributed by atoms with Gasteiger partial charge in [-0.2, -0.15) is 0 Å². The number of rotatable bonds is 2. The maximum Gasteiger partial charge on any atom is 0.330 e. The smallest absolute Gasteiger partial charge is 0.330 e. The van der Waals surface area contributed by atoms with Gasteiger partial charge in [0.15, 0.2) is 0 Å². The molecule has 1 saturated heterocycles. The molecule has 2 atom stereocenters. The van der Waals surface area contributed by atoms with E-state index in [0.717, 1.165) is 0 Å². The quantitative estimate of drug-likeness (QED) is 0.420. The second-order valence-corrected chi connectivity index (χ2v) is 4.56. The standard InChI is InChI=1S/C5H10NO5P/c7-5(8)4-3(1-2-6-4)12(9,10)11/h3-4,6H,1-2H2,(H,7,8)(H2,9,10,11). The lowest BCUT2D eigenvalue weighted by Gasteiger charge is -2.16. The van der Waals surface area contributed by atoms with Crippen molar-refractivity contribution in [1.82, 2.24) is 5.32 Å². The van der Waals surface area contributed by atoms with Crippen molar-refractivity contribution in [3.63, 3.8) is 0 Å². The SMILES string of the molecule is O=C(O)C1NCCC1P(=O)(O)O. The zero-order valence-corrected chi connectivity index (χ0v) is 7.07. The summed E-state index contributed by atoms with van der Waals surface area (Å²) in [6.45, 7) is 0.340. The summed E-state index contributed by atoms with van der Waals surface area (Å²) in [5.41, 5.74) is -1.07. The Hall–Kier alpha value is -0.420. The minimum atomic E-state index is -4.27. The molecule has 0 aliphatic carbocycles. The van der Waals surface area contributed by atoms with Gasteiger partial charge in [0.1, 0.15) is 6.04 Å². The van der Waals surface area contributed by atoms with E-state index in [2.05, 4.69) is 5.32 Å². The fourth-order valence-electron chi connectivity index (χ4n) is 1.30. The molecule has 0 spiro atoms. The molecule has 0 aromatic rings. The first-order chi connectivity index (χ1) is 5.43. The lowest BCUT2D eigenvalue weighted by Crippen LogP contribution is -2.38. The van der Waals surface area contributed by atoms with Crippen LogP contribution in [0.1, 0.15) is 6.42 Å². The summed E-state index contributed by atoms with van der Waals surface area (Å²) < 4.78 is 10.7. The molecule has 6 nitrogen and oxygen atoms in total. The molecular weight excluding hydrogens is 185 g/mol. The van der Waals surface area contributed by atoms with Crippen LogP contribution in [0, 0.1) is 0 Å². The van der Waals surface area contributed by atoms with Gasteiger partial charge in [-0.3, -0.25) is 9.36 Å². The summed E-state index contributed by atoms with van der Waals surface area (Å²) in [5.74, 6) is -1.21. The molecule has 12 heavy (non-hydrogen) atoms. The van der Waals surface area contributed by atoms with E-state index in [1.807, 2.05) is 0 Å². The fourth-order valence-corrected chi connectivity index (χ4v) is 2.39. The van der Waals surface area contributed by atoms with E-state index in [-0.39, 0.29) is 6.42 Å². The predicted molar refractivity (Wildman–Crippen MR) is 39.9 cm³/mol. The summed E-state index contributed by atoms with van der Waals surface area (Å²) in [7, 11) is -4.27. The number of hydrogen-bond acceptors (Lipinski definition) is 3. The Balaban J connectivity index is 2.78. The molecule has 2 unspecified atom stereocenters. The summed E-state index contributed by atoms with van der Waals surface area (Å²) in [6, 6.07) is -1.11. The van der Waals surface area contributed by atoms with Crippen LogP contribution in [0.5, 0.6) is 0 Å². The molecule has 7 heteroatoms. The van der Waals surface area contributed by atoms with Gasteiger partial charge in [-0.1, -0.05) is 0 Å². The molecule has 1 aliphatic heterocycles. The van der Waals surface area contributed by atoms with Crippen molar-refractivity contribution in [2.24, 2.45) is 0 Å². The first-order valence-corrected chi connectivity index (χ1v) is 5.12. The number of carbonyl (C=O) groups is 1. The topological polar surface area (TPSA) is 107 Å². The minimum Gasteiger partial charge on any atom is -0.480 e. The van der Waals surface area contributed by atoms with Gasteiger partial charge in [-0.25, -0.2) is 0 Å². The van der Waals surface area contributed by atoms with Gasteiger partial charge in [-0.15, -0.1) is 0 Å². The molecule has 4 N–H and O–H groups in total. The minimum absolute atomic E-state index is 0.210. The van der Waals surface area contributed by atoms with Crippen molar-refractivity contribution >= 4 is 13.6 Å². The van der Waals surface area contributed by atoms with Gasteiger partial charge in [0.25, 0.3) is 0 Å². The zero-order valence-electron chi connectivity index (χ0n) is 6.17. The van der Waals surface area contributed by atoms with Gasteiger partial charge in [0.2, 0.25) is 0 Å². The van der Waals surface area contributed by atoms with Crippen molar-refractivity contribution in [2.45, 2.75) is 18.1 Å². The van der Waals surface area contributed by atoms with Gasteiger partial charge in [-0.05, 0) is 13.0 Å². The summed E-state index contributed by atoms with van der Waals surface area (Å²) in [5, 5.41) is 11.1. The van der Waals surface area contributed by atoms with Crippen molar-refractivity contribution in [3.8, 4) is 0 Å². The highest BCUT2D eigenvalue weighted by atomic mass is 31.2. The highest BCUT2D eigenvalue weighted by molar-refractivity contribution is 7.52. The van der Waals surface area contributed by atoms with Crippen molar-refractivity contribution < 1.29 is 24.3 Å². The van der Waals surface area contributed by atoms with Crippen LogP contribution in [0.4, 0.5) is 0 Å². The third-order valence-corrected chi connectivity index (χ3v) is 3.31. The van der Waals surface area contributed by atoms with E-state index in [9.17, 15) is 9.36 Å². The Labute approximate surface area is 68.8 Å². The van der Waals surface area contributed by atoms with Crippen LogP contribution >= 0.6 is 7.60 Å². The highest BCUT2D eigenvalue weighted by Crippen LogP contribution is 2.46. The van der Waals surface area contributed by atoms with Gasteiger partial charge in [0.05, 0.1) is 5.66 Å². The van der Waals surface area contributed by atoms with Crippen LogP contribution in [0.25, 0.3) is 0 Å². The number of hydrogen-bond donors (Lipinski definition) is 4. The molecule has 0 aromatic heterocycles. The van der Waals surface area contributed by atoms with Gasteiger partial charge < -0.3 is 20.2 Å². The Kier molecular flexibility index (Phi) is 2.53. The van der Waals surface area contributed by atoms with E-state index in [1.54, 1.807) is 0 Å². The molecule has 1 heterocycles. The van der Waals surface area contributed by atoms with Crippen molar-refractivity contribution in [1.29, 1.82) is 0 Å². The lowest BCUT2D eigenvalue weighted by atomic mass is 10.2. The van der Waals surface area contributed by atoms with Crippen LogP contribution in [0.2, 0.25) is 0 Å². The Morgan fingerprint density at radius 1 is 1.50 bits per heavy atom. The second kappa shape index (κ2) is 3.14. The number of aliphatic carboxylic acids is 1. The summed E-state index contributed by atoms with van der Waals surface area (Å²) in [4.78, 5) is 27.9. The molecule has 1 aliphatic rings. The van der Waals surface area contributed by atoms with Crippen LogP contribution in [-0.4, -0.2) is 39.1 Å². The molecule has 1 fully saturated rings. The van der Waals surface area contributed by atoms with Crippen molar-refractivity contribution in [3.05, 3.63) is 0 Å². The second-order valence-electron chi connectivity index (χ2n) is 2.72. The van der Waals surface area contributed by atoms with Crippen LogP contribution in [0.3, 0.4) is 0 Å². The molecule has 0 aromatic carbocycles. The van der Waals surface area contributed by atoms with E-state index >= 15 is 0 Å². The normalized spacial score (nSPS) is 30.5. The Morgan fingerprint density at radius 3 is 2.42 bits per heavy atom. The lowest BCUT2D eigenvalue weighted by molar-refractivity contribution is -0.139. The van der Waals surface area contributed by atoms with E-state index in [4.69, 9.17) is 14.9 Å². The zero-order chi connectivity index (χ0) is 9.35. The average Bonchev–Trinajstić information content (AvgIpc) is 2.30. The Morgan fingerprint density at radius 2 is 2.08 bits per heavy atom. The summed E-state index contributed by atoms with van der Waals surface area (Å²) in [6.07, 6.45) is 0.210. The van der Waals surface area contributed by atoms with Gasteiger partial charge in [0, 0.05) is 0 Å². The summed E-state index contributed by atoms with van der Waals surface area (Å²) >= 11 is 0. The molecule has 0 bridgehead atoms. The third-order valence-electron chi connectivity index (χ3n) is 1.89. The monoisotopic (exact) mass is 195 g/mol. The first kappa shape index (κ1) is 9.67. The third kappa shape index (κ3) is 1.84. The molecular formula is C5H10NO5P. The van der Waals surface area contributed by atoms with E-state index in [1.165, 1.54) is 0 Å². The van der Waals surface area contributed by atoms with E-state index < -0.39 is 25.3 Å². The van der Waals surface area contributed by atoms with Crippen LogP contribution < -0.4 is 5.32 Å². The van der Waals surface area contributed by atoms with Crippen LogP contribution in [-0.2, 0) is 9.36 Å². The number of carboxylic acids is 1. The number of nitrogens with one attached hydrogen (secondary N) is 1. The molecule has 0 amide bonds. The van der Waals surface area contributed by atoms with E-state index in [0.29, 0.717) is 6.54 Å². The van der Waals surface area contributed by atoms with Crippen molar-refractivity contribution in [2.75, 3.05) is 6.54 Å².